The first-order valence-electron chi connectivity index (χ1n) is 8.31. The lowest BCUT2D eigenvalue weighted by Crippen LogP contribution is -2.42. The molecule has 4 heteroatoms. The minimum Gasteiger partial charge on any atom is -0.393 e. The van der Waals surface area contributed by atoms with E-state index in [1.807, 2.05) is 20.8 Å². The lowest BCUT2D eigenvalue weighted by molar-refractivity contribution is -0.137. The first kappa shape index (κ1) is 18.4. The minimum absolute atomic E-state index is 0.0492. The molecule has 21 heavy (non-hydrogen) atoms. The van der Waals surface area contributed by atoms with E-state index in [1.165, 1.54) is 12.8 Å². The SMILES string of the molecule is CC(O)CC(C)(C)CNC(=O)C(C)OC1CCCC(C)C1. The van der Waals surface area contributed by atoms with Crippen molar-refractivity contribution in [1.82, 2.24) is 5.32 Å². The summed E-state index contributed by atoms with van der Waals surface area (Å²) >= 11 is 0. The molecule has 0 aromatic heterocycles. The molecule has 1 saturated carbocycles. The van der Waals surface area contributed by atoms with Gasteiger partial charge < -0.3 is 15.2 Å². The molecule has 1 fully saturated rings. The van der Waals surface area contributed by atoms with Crippen molar-refractivity contribution in [2.45, 2.75) is 85.0 Å². The standard InChI is InChI=1S/C17H33NO3/c1-12-7-6-8-15(9-12)21-14(3)16(20)18-11-17(4,5)10-13(2)19/h12-15,19H,6-11H2,1-5H3,(H,18,20). The molecule has 4 atom stereocenters. The highest BCUT2D eigenvalue weighted by molar-refractivity contribution is 5.80. The van der Waals surface area contributed by atoms with Gasteiger partial charge in [0.2, 0.25) is 5.91 Å². The van der Waals surface area contributed by atoms with E-state index in [-0.39, 0.29) is 23.5 Å². The zero-order valence-electron chi connectivity index (χ0n) is 14.3. The third kappa shape index (κ3) is 7.28. The Kier molecular flexibility index (Phi) is 7.14. The van der Waals surface area contributed by atoms with Crippen LogP contribution < -0.4 is 5.32 Å². The fourth-order valence-corrected chi connectivity index (χ4v) is 3.19. The summed E-state index contributed by atoms with van der Waals surface area (Å²) in [5.41, 5.74) is -0.108. The van der Waals surface area contributed by atoms with Gasteiger partial charge in [0, 0.05) is 6.54 Å². The number of carbonyl (C=O) groups is 1. The van der Waals surface area contributed by atoms with Gasteiger partial charge in [-0.15, -0.1) is 0 Å². The molecule has 2 N–H and O–H groups in total. The van der Waals surface area contributed by atoms with Crippen molar-refractivity contribution in [2.24, 2.45) is 11.3 Å². The molecule has 1 aliphatic rings. The monoisotopic (exact) mass is 299 g/mol. The van der Waals surface area contributed by atoms with Crippen molar-refractivity contribution < 1.29 is 14.6 Å². The van der Waals surface area contributed by atoms with Gasteiger partial charge in [0.05, 0.1) is 12.2 Å². The second-order valence-corrected chi connectivity index (χ2v) is 7.61. The maximum atomic E-state index is 12.1. The summed E-state index contributed by atoms with van der Waals surface area (Å²) < 4.78 is 5.91. The van der Waals surface area contributed by atoms with E-state index in [4.69, 9.17) is 4.74 Å². The van der Waals surface area contributed by atoms with Crippen LogP contribution in [0.5, 0.6) is 0 Å². The Morgan fingerprint density at radius 1 is 1.38 bits per heavy atom. The lowest BCUT2D eigenvalue weighted by Gasteiger charge is -2.30. The van der Waals surface area contributed by atoms with E-state index in [0.717, 1.165) is 12.8 Å². The van der Waals surface area contributed by atoms with Gasteiger partial charge in [0.25, 0.3) is 0 Å². The van der Waals surface area contributed by atoms with Crippen LogP contribution in [0.1, 0.15) is 66.7 Å². The molecular weight excluding hydrogens is 266 g/mol. The van der Waals surface area contributed by atoms with Crippen molar-refractivity contribution >= 4 is 5.91 Å². The zero-order chi connectivity index (χ0) is 16.0. The molecule has 0 radical (unpaired) electrons. The molecule has 0 aromatic carbocycles. The number of aliphatic hydroxyl groups excluding tert-OH is 1. The molecule has 0 aromatic rings. The van der Waals surface area contributed by atoms with Crippen LogP contribution in [-0.2, 0) is 9.53 Å². The molecule has 1 rings (SSSR count). The summed E-state index contributed by atoms with van der Waals surface area (Å²) in [6.45, 7) is 10.5. The Hall–Kier alpha value is -0.610. The summed E-state index contributed by atoms with van der Waals surface area (Å²) in [5, 5.41) is 12.4. The zero-order valence-corrected chi connectivity index (χ0v) is 14.3. The highest BCUT2D eigenvalue weighted by Gasteiger charge is 2.26. The van der Waals surface area contributed by atoms with Crippen molar-refractivity contribution in [3.63, 3.8) is 0 Å². The van der Waals surface area contributed by atoms with Crippen LogP contribution in [0.15, 0.2) is 0 Å². The molecule has 0 spiro atoms. The number of aliphatic hydroxyl groups is 1. The van der Waals surface area contributed by atoms with Gasteiger partial charge in [-0.2, -0.15) is 0 Å². The number of rotatable bonds is 7. The van der Waals surface area contributed by atoms with Gasteiger partial charge in [0.15, 0.2) is 0 Å². The molecule has 4 unspecified atom stereocenters. The van der Waals surface area contributed by atoms with Crippen LogP contribution in [0.2, 0.25) is 0 Å². The Balaban J connectivity index is 2.33. The van der Waals surface area contributed by atoms with Gasteiger partial charge in [-0.3, -0.25) is 4.79 Å². The fourth-order valence-electron chi connectivity index (χ4n) is 3.19. The molecule has 0 bridgehead atoms. The van der Waals surface area contributed by atoms with Gasteiger partial charge in [-0.05, 0) is 44.4 Å². The Bertz CT molecular complexity index is 328. The highest BCUT2D eigenvalue weighted by atomic mass is 16.5. The predicted octanol–water partition coefficient (Wildman–Crippen LogP) is 2.88. The first-order chi connectivity index (χ1) is 9.69. The smallest absolute Gasteiger partial charge is 0.248 e. The van der Waals surface area contributed by atoms with Crippen LogP contribution >= 0.6 is 0 Å². The van der Waals surface area contributed by atoms with Gasteiger partial charge in [0.1, 0.15) is 6.10 Å². The van der Waals surface area contributed by atoms with Crippen LogP contribution in [0.25, 0.3) is 0 Å². The van der Waals surface area contributed by atoms with Crippen molar-refractivity contribution in [2.75, 3.05) is 6.54 Å². The second kappa shape index (κ2) is 8.14. The second-order valence-electron chi connectivity index (χ2n) is 7.61. The first-order valence-corrected chi connectivity index (χ1v) is 8.31. The number of ether oxygens (including phenoxy) is 1. The van der Waals surface area contributed by atoms with Crippen molar-refractivity contribution in [3.05, 3.63) is 0 Å². The summed E-state index contributed by atoms with van der Waals surface area (Å²) in [5.74, 6) is 0.649. The number of hydrogen-bond acceptors (Lipinski definition) is 3. The van der Waals surface area contributed by atoms with E-state index in [1.54, 1.807) is 6.92 Å². The Morgan fingerprint density at radius 3 is 2.62 bits per heavy atom. The third-order valence-corrected chi connectivity index (χ3v) is 4.24. The molecule has 1 amide bonds. The van der Waals surface area contributed by atoms with Gasteiger partial charge >= 0.3 is 0 Å². The third-order valence-electron chi connectivity index (χ3n) is 4.24. The molecule has 0 aliphatic heterocycles. The largest absolute Gasteiger partial charge is 0.393 e. The summed E-state index contributed by atoms with van der Waals surface area (Å²) in [6.07, 6.45) is 4.73. The average molecular weight is 299 g/mol. The number of nitrogens with one attached hydrogen (secondary N) is 1. The molecule has 4 nitrogen and oxygen atoms in total. The van der Waals surface area contributed by atoms with Crippen LogP contribution in [-0.4, -0.2) is 35.9 Å². The van der Waals surface area contributed by atoms with Crippen molar-refractivity contribution in [1.29, 1.82) is 0 Å². The van der Waals surface area contributed by atoms with Gasteiger partial charge in [-0.25, -0.2) is 0 Å². The normalized spacial score (nSPS) is 26.2. The Morgan fingerprint density at radius 2 is 2.05 bits per heavy atom. The van der Waals surface area contributed by atoms with E-state index in [9.17, 15) is 9.90 Å². The van der Waals surface area contributed by atoms with Crippen LogP contribution in [0.3, 0.4) is 0 Å². The average Bonchev–Trinajstić information content (AvgIpc) is 2.34. The summed E-state index contributed by atoms with van der Waals surface area (Å²) in [7, 11) is 0. The predicted molar refractivity (Wildman–Crippen MR) is 85.1 cm³/mol. The maximum Gasteiger partial charge on any atom is 0.248 e. The summed E-state index contributed by atoms with van der Waals surface area (Å²) in [4.78, 5) is 12.1. The maximum absolute atomic E-state index is 12.1. The lowest BCUT2D eigenvalue weighted by atomic mass is 9.87. The molecule has 0 heterocycles. The molecule has 124 valence electrons. The van der Waals surface area contributed by atoms with Crippen LogP contribution in [0, 0.1) is 11.3 Å². The highest BCUT2D eigenvalue weighted by Crippen LogP contribution is 2.26. The van der Waals surface area contributed by atoms with Gasteiger partial charge in [-0.1, -0.05) is 33.6 Å². The number of hydrogen-bond donors (Lipinski definition) is 2. The Labute approximate surface area is 129 Å². The van der Waals surface area contributed by atoms with Crippen molar-refractivity contribution in [3.8, 4) is 0 Å². The quantitative estimate of drug-likeness (QED) is 0.760. The van der Waals surface area contributed by atoms with E-state index in [2.05, 4.69) is 12.2 Å². The fraction of sp³-hybridized carbons (Fsp3) is 0.941. The molecule has 1 aliphatic carbocycles. The summed E-state index contributed by atoms with van der Waals surface area (Å²) in [6, 6.07) is 0. The topological polar surface area (TPSA) is 58.6 Å². The molecule has 0 saturated heterocycles. The minimum atomic E-state index is -0.400. The molecular formula is C17H33NO3. The number of carbonyl (C=O) groups excluding carboxylic acids is 1. The van der Waals surface area contributed by atoms with Crippen LogP contribution in [0.4, 0.5) is 0 Å². The number of amides is 1. The van der Waals surface area contributed by atoms with E-state index in [0.29, 0.717) is 18.9 Å². The van der Waals surface area contributed by atoms with E-state index >= 15 is 0 Å². The van der Waals surface area contributed by atoms with E-state index < -0.39 is 6.10 Å².